The van der Waals surface area contributed by atoms with Crippen LogP contribution in [0.1, 0.15) is 17.1 Å². The fourth-order valence-electron chi connectivity index (χ4n) is 1.80. The standard InChI is InChI=1S/C13H17N3O/c1-9-8-15-13(16-9)6-4-10-3-5-12(17-2)11(14)7-10/h3,5,7-8H,4,6,14H2,1-2H3,(H,15,16). The average Bonchev–Trinajstić information content (AvgIpc) is 2.73. The van der Waals surface area contributed by atoms with Crippen molar-refractivity contribution in [1.82, 2.24) is 9.97 Å². The van der Waals surface area contributed by atoms with Crippen molar-refractivity contribution >= 4 is 5.69 Å². The molecule has 17 heavy (non-hydrogen) atoms. The molecule has 3 N–H and O–H groups in total. The van der Waals surface area contributed by atoms with E-state index >= 15 is 0 Å². The molecule has 0 amide bonds. The number of nitrogen functional groups attached to an aromatic ring is 1. The zero-order valence-electron chi connectivity index (χ0n) is 10.2. The molecule has 4 nitrogen and oxygen atoms in total. The molecule has 0 saturated carbocycles. The third kappa shape index (κ3) is 2.78. The van der Waals surface area contributed by atoms with E-state index in [1.165, 1.54) is 5.56 Å². The lowest BCUT2D eigenvalue weighted by Crippen LogP contribution is -1.97. The first-order valence-corrected chi connectivity index (χ1v) is 5.62. The van der Waals surface area contributed by atoms with Crippen molar-refractivity contribution in [3.05, 3.63) is 41.5 Å². The summed E-state index contributed by atoms with van der Waals surface area (Å²) in [6.45, 7) is 2.00. The fourth-order valence-corrected chi connectivity index (χ4v) is 1.80. The molecule has 2 aromatic rings. The maximum atomic E-state index is 5.86. The molecule has 1 aromatic heterocycles. The first-order valence-electron chi connectivity index (χ1n) is 5.62. The number of nitrogens with one attached hydrogen (secondary N) is 1. The van der Waals surface area contributed by atoms with Gasteiger partial charge in [-0.25, -0.2) is 4.98 Å². The number of H-pyrrole nitrogens is 1. The van der Waals surface area contributed by atoms with Crippen LogP contribution in [0.25, 0.3) is 0 Å². The molecule has 0 atom stereocenters. The van der Waals surface area contributed by atoms with Gasteiger partial charge in [-0.1, -0.05) is 6.07 Å². The van der Waals surface area contributed by atoms with Gasteiger partial charge in [0.25, 0.3) is 0 Å². The van der Waals surface area contributed by atoms with Gasteiger partial charge in [-0.3, -0.25) is 0 Å². The summed E-state index contributed by atoms with van der Waals surface area (Å²) in [6, 6.07) is 5.89. The van der Waals surface area contributed by atoms with Crippen LogP contribution < -0.4 is 10.5 Å². The highest BCUT2D eigenvalue weighted by atomic mass is 16.5. The van der Waals surface area contributed by atoms with Gasteiger partial charge in [0.15, 0.2) is 0 Å². The molecule has 4 heteroatoms. The number of nitrogens with two attached hydrogens (primary N) is 1. The average molecular weight is 231 g/mol. The first kappa shape index (κ1) is 11.5. The molecule has 0 radical (unpaired) electrons. The van der Waals surface area contributed by atoms with Gasteiger partial charge in [0.1, 0.15) is 11.6 Å². The van der Waals surface area contributed by atoms with Crippen LogP contribution in [0.3, 0.4) is 0 Å². The summed E-state index contributed by atoms with van der Waals surface area (Å²) in [4.78, 5) is 7.49. The summed E-state index contributed by atoms with van der Waals surface area (Å²) < 4.78 is 5.12. The van der Waals surface area contributed by atoms with E-state index in [0.717, 1.165) is 30.1 Å². The van der Waals surface area contributed by atoms with Gasteiger partial charge >= 0.3 is 0 Å². The molecule has 1 aromatic carbocycles. The van der Waals surface area contributed by atoms with Crippen LogP contribution in [0.4, 0.5) is 5.69 Å². The number of imidazole rings is 1. The van der Waals surface area contributed by atoms with E-state index < -0.39 is 0 Å². The minimum absolute atomic E-state index is 0.681. The highest BCUT2D eigenvalue weighted by Gasteiger charge is 2.02. The number of hydrogen-bond acceptors (Lipinski definition) is 3. The van der Waals surface area contributed by atoms with Gasteiger partial charge in [-0.05, 0) is 31.0 Å². The summed E-state index contributed by atoms with van der Waals surface area (Å²) in [6.07, 6.45) is 3.65. The van der Waals surface area contributed by atoms with Crippen LogP contribution in [-0.2, 0) is 12.8 Å². The van der Waals surface area contributed by atoms with Gasteiger partial charge in [-0.15, -0.1) is 0 Å². The largest absolute Gasteiger partial charge is 0.495 e. The van der Waals surface area contributed by atoms with Gasteiger partial charge in [-0.2, -0.15) is 0 Å². The van der Waals surface area contributed by atoms with Crippen LogP contribution in [0.2, 0.25) is 0 Å². The lowest BCUT2D eigenvalue weighted by molar-refractivity contribution is 0.417. The molecule has 2 rings (SSSR count). The quantitative estimate of drug-likeness (QED) is 0.792. The Morgan fingerprint density at radius 2 is 2.18 bits per heavy atom. The zero-order valence-corrected chi connectivity index (χ0v) is 10.2. The van der Waals surface area contributed by atoms with Gasteiger partial charge in [0.2, 0.25) is 0 Å². The molecule has 0 saturated heterocycles. The van der Waals surface area contributed by atoms with E-state index in [9.17, 15) is 0 Å². The van der Waals surface area contributed by atoms with Crippen LogP contribution in [0, 0.1) is 6.92 Å². The number of rotatable bonds is 4. The highest BCUT2D eigenvalue weighted by molar-refractivity contribution is 5.54. The molecule has 0 aliphatic rings. The maximum Gasteiger partial charge on any atom is 0.141 e. The molecule has 0 spiro atoms. The molecule has 0 fully saturated rings. The Morgan fingerprint density at radius 3 is 2.76 bits per heavy atom. The molecule has 1 heterocycles. The number of ether oxygens (including phenoxy) is 1. The van der Waals surface area contributed by atoms with Crippen molar-refractivity contribution in [2.75, 3.05) is 12.8 Å². The number of hydrogen-bond donors (Lipinski definition) is 2. The monoisotopic (exact) mass is 231 g/mol. The van der Waals surface area contributed by atoms with Crippen molar-refractivity contribution < 1.29 is 4.74 Å². The SMILES string of the molecule is COc1ccc(CCc2ncc(C)[nH]2)cc1N. The van der Waals surface area contributed by atoms with E-state index in [1.54, 1.807) is 7.11 Å². The molecular formula is C13H17N3O. The summed E-state index contributed by atoms with van der Waals surface area (Å²) in [5.41, 5.74) is 8.82. The highest BCUT2D eigenvalue weighted by Crippen LogP contribution is 2.22. The van der Waals surface area contributed by atoms with Crippen molar-refractivity contribution in [2.24, 2.45) is 0 Å². The molecule has 90 valence electrons. The summed E-state index contributed by atoms with van der Waals surface area (Å²) in [5, 5.41) is 0. The number of benzene rings is 1. The fraction of sp³-hybridized carbons (Fsp3) is 0.308. The van der Waals surface area contributed by atoms with E-state index in [4.69, 9.17) is 10.5 Å². The normalized spacial score (nSPS) is 10.5. The predicted octanol–water partition coefficient (Wildman–Crippen LogP) is 2.09. The van der Waals surface area contributed by atoms with Gasteiger partial charge in [0.05, 0.1) is 12.8 Å². The predicted molar refractivity (Wildman–Crippen MR) is 68.1 cm³/mol. The summed E-state index contributed by atoms with van der Waals surface area (Å²) in [7, 11) is 1.62. The topological polar surface area (TPSA) is 63.9 Å². The minimum atomic E-state index is 0.681. The smallest absolute Gasteiger partial charge is 0.141 e. The second kappa shape index (κ2) is 4.91. The second-order valence-corrected chi connectivity index (χ2v) is 4.09. The first-order chi connectivity index (χ1) is 8.19. The number of aryl methyl sites for hydroxylation is 3. The van der Waals surface area contributed by atoms with E-state index in [0.29, 0.717) is 5.69 Å². The van der Waals surface area contributed by atoms with E-state index in [-0.39, 0.29) is 0 Å². The lowest BCUT2D eigenvalue weighted by Gasteiger charge is -2.06. The number of aromatic nitrogens is 2. The zero-order chi connectivity index (χ0) is 12.3. The number of aromatic amines is 1. The Bertz CT molecular complexity index is 505. The number of nitrogens with zero attached hydrogens (tertiary/aromatic N) is 1. The van der Waals surface area contributed by atoms with E-state index in [1.807, 2.05) is 31.3 Å². The third-order valence-electron chi connectivity index (χ3n) is 2.70. The second-order valence-electron chi connectivity index (χ2n) is 4.09. The number of anilines is 1. The molecular weight excluding hydrogens is 214 g/mol. The number of methoxy groups -OCH3 is 1. The van der Waals surface area contributed by atoms with E-state index in [2.05, 4.69) is 9.97 Å². The Labute approximate surface area is 101 Å². The third-order valence-corrected chi connectivity index (χ3v) is 2.70. The van der Waals surface area contributed by atoms with Crippen LogP contribution in [0.15, 0.2) is 24.4 Å². The molecule has 0 bridgehead atoms. The van der Waals surface area contributed by atoms with Crippen molar-refractivity contribution in [3.8, 4) is 5.75 Å². The Kier molecular flexibility index (Phi) is 3.32. The molecule has 0 aliphatic carbocycles. The molecule has 0 aliphatic heterocycles. The molecule has 0 unspecified atom stereocenters. The summed E-state index contributed by atoms with van der Waals surface area (Å²) >= 11 is 0. The van der Waals surface area contributed by atoms with Gasteiger partial charge < -0.3 is 15.5 Å². The van der Waals surface area contributed by atoms with Gasteiger partial charge in [0, 0.05) is 18.3 Å². The van der Waals surface area contributed by atoms with Crippen molar-refractivity contribution in [2.45, 2.75) is 19.8 Å². The van der Waals surface area contributed by atoms with Crippen molar-refractivity contribution in [1.29, 1.82) is 0 Å². The Hall–Kier alpha value is -1.97. The van der Waals surface area contributed by atoms with Crippen LogP contribution >= 0.6 is 0 Å². The Balaban J connectivity index is 2.02. The maximum absolute atomic E-state index is 5.86. The van der Waals surface area contributed by atoms with Crippen LogP contribution in [0.5, 0.6) is 5.75 Å². The minimum Gasteiger partial charge on any atom is -0.495 e. The van der Waals surface area contributed by atoms with Crippen LogP contribution in [-0.4, -0.2) is 17.1 Å². The van der Waals surface area contributed by atoms with Crippen molar-refractivity contribution in [3.63, 3.8) is 0 Å². The Morgan fingerprint density at radius 1 is 1.35 bits per heavy atom. The lowest BCUT2D eigenvalue weighted by atomic mass is 10.1. The summed E-state index contributed by atoms with van der Waals surface area (Å²) in [5.74, 6) is 1.74.